The second kappa shape index (κ2) is 10.9. The van der Waals surface area contributed by atoms with Gasteiger partial charge in [-0.05, 0) is 66.2 Å². The lowest BCUT2D eigenvalue weighted by Crippen LogP contribution is -2.50. The molecule has 2 saturated heterocycles. The first-order valence-corrected chi connectivity index (χ1v) is 12.1. The van der Waals surface area contributed by atoms with Crippen LogP contribution in [0.15, 0.2) is 47.4 Å². The first kappa shape index (κ1) is 24.1. The number of anilines is 1. The minimum Gasteiger partial charge on any atom is -0.493 e. The molecule has 0 aromatic heterocycles. The molecule has 0 N–H and O–H groups in total. The van der Waals surface area contributed by atoms with E-state index < -0.39 is 0 Å². The molecule has 2 aromatic carbocycles. The maximum atomic E-state index is 13.2. The van der Waals surface area contributed by atoms with E-state index in [9.17, 15) is 14.0 Å². The molecule has 2 aliphatic heterocycles. The van der Waals surface area contributed by atoms with E-state index in [1.54, 1.807) is 31.4 Å². The van der Waals surface area contributed by atoms with E-state index in [-0.39, 0.29) is 23.6 Å². The number of piperazine rings is 1. The number of hydrogen-bond acceptors (Lipinski definition) is 7. The van der Waals surface area contributed by atoms with Gasteiger partial charge in [0.15, 0.2) is 11.5 Å². The molecule has 2 heterocycles. The molecule has 0 atom stereocenters. The van der Waals surface area contributed by atoms with E-state index in [2.05, 4.69) is 9.80 Å². The van der Waals surface area contributed by atoms with Crippen LogP contribution in [0, 0.1) is 5.82 Å². The second-order valence-electron chi connectivity index (χ2n) is 8.09. The predicted octanol–water partition coefficient (Wildman–Crippen LogP) is 4.44. The quantitative estimate of drug-likeness (QED) is 0.513. The molecule has 0 aliphatic carbocycles. The lowest BCUT2D eigenvalue weighted by molar-refractivity contribution is -0.124. The molecule has 7 nitrogen and oxygen atoms in total. The van der Waals surface area contributed by atoms with E-state index in [1.165, 1.54) is 17.0 Å². The van der Waals surface area contributed by atoms with Crippen LogP contribution in [0.4, 0.5) is 14.9 Å². The van der Waals surface area contributed by atoms with Crippen LogP contribution in [-0.4, -0.2) is 67.5 Å². The number of hydrogen-bond donors (Lipinski definition) is 0. The Labute approximate surface area is 203 Å². The zero-order valence-electron chi connectivity index (χ0n) is 19.3. The van der Waals surface area contributed by atoms with Gasteiger partial charge in [-0.25, -0.2) is 4.39 Å². The number of methoxy groups -OCH3 is 1. The molecule has 0 spiro atoms. The average molecular weight is 486 g/mol. The molecular weight excluding hydrogens is 457 g/mol. The summed E-state index contributed by atoms with van der Waals surface area (Å²) in [6.07, 6.45) is 2.60. The Morgan fingerprint density at radius 1 is 1.03 bits per heavy atom. The monoisotopic (exact) mass is 485 g/mol. The summed E-state index contributed by atoms with van der Waals surface area (Å²) in [5.74, 6) is 0.685. The van der Waals surface area contributed by atoms with Gasteiger partial charge in [0.05, 0.1) is 25.3 Å². The zero-order chi connectivity index (χ0) is 24.1. The van der Waals surface area contributed by atoms with Crippen LogP contribution in [0.2, 0.25) is 0 Å². The SMILES string of the molecule is CCCOc1ccc(C=C2SC(=O)N(CN3CCN(c4ccc(F)cc4)CC3)C2=O)cc1OC. The van der Waals surface area contributed by atoms with Gasteiger partial charge in [0, 0.05) is 31.9 Å². The normalized spacial score (nSPS) is 18.1. The van der Waals surface area contributed by atoms with Crippen LogP contribution in [0.1, 0.15) is 18.9 Å². The van der Waals surface area contributed by atoms with Crippen molar-refractivity contribution >= 4 is 34.7 Å². The third-order valence-electron chi connectivity index (χ3n) is 5.73. The van der Waals surface area contributed by atoms with Crippen LogP contribution in [0.5, 0.6) is 11.5 Å². The highest BCUT2D eigenvalue weighted by molar-refractivity contribution is 8.18. The standard InChI is InChI=1S/C25H28FN3O4S/c1-3-14-33-21-9-4-18(15-22(21)32-2)16-23-24(30)29(25(31)34-23)17-27-10-12-28(13-11-27)20-7-5-19(26)6-8-20/h4-9,15-16H,3,10-14,17H2,1-2H3. The number of rotatable bonds is 8. The number of halogens is 1. The van der Waals surface area contributed by atoms with Crippen molar-refractivity contribution in [3.63, 3.8) is 0 Å². The molecule has 2 amide bonds. The summed E-state index contributed by atoms with van der Waals surface area (Å²) in [6, 6.07) is 11.9. The lowest BCUT2D eigenvalue weighted by Gasteiger charge is -2.37. The van der Waals surface area contributed by atoms with E-state index in [1.807, 2.05) is 19.1 Å². The number of thioether (sulfide) groups is 1. The van der Waals surface area contributed by atoms with Crippen molar-refractivity contribution in [3.8, 4) is 11.5 Å². The summed E-state index contributed by atoms with van der Waals surface area (Å²) in [7, 11) is 1.57. The topological polar surface area (TPSA) is 62.3 Å². The Morgan fingerprint density at radius 2 is 1.76 bits per heavy atom. The summed E-state index contributed by atoms with van der Waals surface area (Å²) in [4.78, 5) is 31.5. The molecule has 2 aliphatic rings. The highest BCUT2D eigenvalue weighted by atomic mass is 32.2. The average Bonchev–Trinajstić information content (AvgIpc) is 3.11. The van der Waals surface area contributed by atoms with Crippen molar-refractivity contribution < 1.29 is 23.5 Å². The molecule has 9 heteroatoms. The number of carbonyl (C=O) groups excluding carboxylic acids is 2. The zero-order valence-corrected chi connectivity index (χ0v) is 20.1. The largest absolute Gasteiger partial charge is 0.493 e. The van der Waals surface area contributed by atoms with Gasteiger partial charge in [-0.2, -0.15) is 0 Å². The van der Waals surface area contributed by atoms with Gasteiger partial charge >= 0.3 is 0 Å². The summed E-state index contributed by atoms with van der Waals surface area (Å²) < 4.78 is 24.3. The van der Waals surface area contributed by atoms with Gasteiger partial charge in [-0.1, -0.05) is 13.0 Å². The highest BCUT2D eigenvalue weighted by Crippen LogP contribution is 2.35. The van der Waals surface area contributed by atoms with Crippen molar-refractivity contribution in [2.75, 3.05) is 51.5 Å². The fraction of sp³-hybridized carbons (Fsp3) is 0.360. The van der Waals surface area contributed by atoms with Crippen LogP contribution < -0.4 is 14.4 Å². The predicted molar refractivity (Wildman–Crippen MR) is 132 cm³/mol. The smallest absolute Gasteiger partial charge is 0.294 e. The van der Waals surface area contributed by atoms with Crippen molar-refractivity contribution in [2.24, 2.45) is 0 Å². The van der Waals surface area contributed by atoms with Gasteiger partial charge in [0.2, 0.25) is 0 Å². The Bertz CT molecular complexity index is 1070. The number of ether oxygens (including phenoxy) is 2. The van der Waals surface area contributed by atoms with E-state index in [4.69, 9.17) is 9.47 Å². The van der Waals surface area contributed by atoms with Crippen molar-refractivity contribution in [1.82, 2.24) is 9.80 Å². The third-order valence-corrected chi connectivity index (χ3v) is 6.63. The van der Waals surface area contributed by atoms with E-state index in [0.29, 0.717) is 36.1 Å². The number of benzene rings is 2. The molecule has 2 fully saturated rings. The van der Waals surface area contributed by atoms with Gasteiger partial charge in [0.25, 0.3) is 11.1 Å². The summed E-state index contributed by atoms with van der Waals surface area (Å²) in [5.41, 5.74) is 1.73. The maximum Gasteiger partial charge on any atom is 0.294 e. The van der Waals surface area contributed by atoms with Gasteiger partial charge in [0.1, 0.15) is 5.82 Å². The Morgan fingerprint density at radius 3 is 2.44 bits per heavy atom. The molecular formula is C25H28FN3O4S. The second-order valence-corrected chi connectivity index (χ2v) is 9.08. The number of imide groups is 1. The lowest BCUT2D eigenvalue weighted by atomic mass is 10.2. The Kier molecular flexibility index (Phi) is 7.74. The molecule has 0 bridgehead atoms. The molecule has 180 valence electrons. The molecule has 2 aromatic rings. The summed E-state index contributed by atoms with van der Waals surface area (Å²) >= 11 is 0.949. The molecule has 0 unspecified atom stereocenters. The molecule has 0 saturated carbocycles. The maximum absolute atomic E-state index is 13.2. The fourth-order valence-electron chi connectivity index (χ4n) is 3.88. The Hall–Kier alpha value is -3.04. The fourth-order valence-corrected chi connectivity index (χ4v) is 4.71. The van der Waals surface area contributed by atoms with Gasteiger partial charge < -0.3 is 14.4 Å². The van der Waals surface area contributed by atoms with Crippen molar-refractivity contribution in [3.05, 3.63) is 58.8 Å². The minimum absolute atomic E-state index is 0.256. The van der Waals surface area contributed by atoms with E-state index in [0.717, 1.165) is 42.5 Å². The number of carbonyl (C=O) groups is 2. The first-order valence-electron chi connectivity index (χ1n) is 11.3. The van der Waals surface area contributed by atoms with Crippen molar-refractivity contribution in [2.45, 2.75) is 13.3 Å². The van der Waals surface area contributed by atoms with Gasteiger partial charge in [-0.15, -0.1) is 0 Å². The number of nitrogens with zero attached hydrogens (tertiary/aromatic N) is 3. The summed E-state index contributed by atoms with van der Waals surface area (Å²) in [6.45, 7) is 5.76. The van der Waals surface area contributed by atoms with Crippen LogP contribution >= 0.6 is 11.8 Å². The summed E-state index contributed by atoms with van der Waals surface area (Å²) in [5, 5.41) is -0.271. The molecule has 4 rings (SSSR count). The Balaban J connectivity index is 1.37. The number of amides is 2. The molecule has 34 heavy (non-hydrogen) atoms. The third kappa shape index (κ3) is 5.53. The first-order chi connectivity index (χ1) is 16.5. The minimum atomic E-state index is -0.291. The van der Waals surface area contributed by atoms with Gasteiger partial charge in [-0.3, -0.25) is 19.4 Å². The van der Waals surface area contributed by atoms with Crippen molar-refractivity contribution in [1.29, 1.82) is 0 Å². The van der Waals surface area contributed by atoms with Crippen LogP contribution in [0.3, 0.4) is 0 Å². The van der Waals surface area contributed by atoms with Crippen LogP contribution in [0.25, 0.3) is 6.08 Å². The molecule has 0 radical (unpaired) electrons. The van der Waals surface area contributed by atoms with E-state index >= 15 is 0 Å². The highest BCUT2D eigenvalue weighted by Gasteiger charge is 2.36. The van der Waals surface area contributed by atoms with Crippen LogP contribution in [-0.2, 0) is 4.79 Å².